The number of fused-ring (bicyclic) bond motifs is 3. The van der Waals surface area contributed by atoms with E-state index in [4.69, 9.17) is 9.26 Å². The van der Waals surface area contributed by atoms with Crippen LogP contribution in [-0.2, 0) is 24.5 Å². The van der Waals surface area contributed by atoms with Gasteiger partial charge in [-0.25, -0.2) is 4.67 Å². The topological polar surface area (TPSA) is 174 Å². The van der Waals surface area contributed by atoms with Crippen LogP contribution in [-0.4, -0.2) is 93.5 Å². The maximum atomic E-state index is 14.3. The fourth-order valence-corrected chi connectivity index (χ4v) is 7.98. The molecular weight excluding hydrogens is 603 g/mol. The third-order valence-corrected chi connectivity index (χ3v) is 11.2. The average molecular weight is 641 g/mol. The van der Waals surface area contributed by atoms with Crippen molar-refractivity contribution in [3.05, 3.63) is 82.3 Å². The standard InChI is InChI=1S/C32H37N2O10P/c1-17(35)23-28(38)26(33(3)4)21-15-20-25(27(37)24-19(31(20,2)40)13-10-14-22(24)36)30(32(21,41)29(23)39)43-16-45(42,34(5)6)44-18-11-8-7-9-12-18/h7-14,20-21,26,36,38,40-41H,15-16H2,1-6H3. The summed E-state index contributed by atoms with van der Waals surface area (Å²) in [7, 11) is 2.20. The number of hydrogen-bond donors (Lipinski definition) is 4. The van der Waals surface area contributed by atoms with Gasteiger partial charge in [0.15, 0.2) is 23.5 Å². The fraction of sp³-hybridized carbons (Fsp3) is 0.406. The number of phenols is 1. The van der Waals surface area contributed by atoms with Crippen molar-refractivity contribution in [3.63, 3.8) is 0 Å². The van der Waals surface area contributed by atoms with Gasteiger partial charge >= 0.3 is 7.52 Å². The molecule has 0 saturated carbocycles. The van der Waals surface area contributed by atoms with Gasteiger partial charge in [0.1, 0.15) is 28.6 Å². The molecular formula is C32H37N2O10P. The number of rotatable bonds is 8. The molecule has 0 heterocycles. The van der Waals surface area contributed by atoms with E-state index >= 15 is 0 Å². The molecule has 6 unspecified atom stereocenters. The van der Waals surface area contributed by atoms with Gasteiger partial charge in [0.2, 0.25) is 5.78 Å². The first-order chi connectivity index (χ1) is 21.0. The second kappa shape index (κ2) is 11.2. The minimum absolute atomic E-state index is 0.130. The molecule has 12 nitrogen and oxygen atoms in total. The molecule has 0 amide bonds. The summed E-state index contributed by atoms with van der Waals surface area (Å²) >= 11 is 0. The molecule has 2 aromatic rings. The number of Topliss-reactive ketones (excluding diaryl/α,β-unsaturated/α-hetero) is 3. The van der Waals surface area contributed by atoms with Crippen molar-refractivity contribution in [2.24, 2.45) is 11.8 Å². The Morgan fingerprint density at radius 3 is 2.24 bits per heavy atom. The predicted molar refractivity (Wildman–Crippen MR) is 163 cm³/mol. The number of ketones is 3. The second-order valence-electron chi connectivity index (χ2n) is 12.3. The Labute approximate surface area is 260 Å². The van der Waals surface area contributed by atoms with Crippen molar-refractivity contribution in [1.82, 2.24) is 9.57 Å². The number of aromatic hydroxyl groups is 1. The summed E-state index contributed by atoms with van der Waals surface area (Å²) in [5, 5.41) is 46.6. The minimum Gasteiger partial charge on any atom is -0.510 e. The van der Waals surface area contributed by atoms with Crippen molar-refractivity contribution in [2.45, 2.75) is 37.5 Å². The van der Waals surface area contributed by atoms with E-state index in [0.717, 1.165) is 6.92 Å². The van der Waals surface area contributed by atoms with Crippen molar-refractivity contribution in [1.29, 1.82) is 0 Å². The number of nitrogens with zero attached hydrogens (tertiary/aromatic N) is 2. The molecule has 0 fully saturated rings. The molecule has 3 aliphatic carbocycles. The molecule has 45 heavy (non-hydrogen) atoms. The Hall–Kier alpha value is -3.80. The quantitative estimate of drug-likeness (QED) is 0.246. The predicted octanol–water partition coefficient (Wildman–Crippen LogP) is 3.14. The van der Waals surface area contributed by atoms with Gasteiger partial charge in [-0.2, -0.15) is 0 Å². The zero-order valence-corrected chi connectivity index (χ0v) is 26.7. The van der Waals surface area contributed by atoms with Crippen LogP contribution in [0.25, 0.3) is 0 Å². The monoisotopic (exact) mass is 640 g/mol. The highest BCUT2D eigenvalue weighted by Gasteiger charge is 2.66. The molecule has 2 aromatic carbocycles. The van der Waals surface area contributed by atoms with E-state index in [1.165, 1.54) is 48.8 Å². The Kier molecular flexibility index (Phi) is 8.13. The molecule has 0 saturated heterocycles. The first-order valence-corrected chi connectivity index (χ1v) is 16.1. The van der Waals surface area contributed by atoms with Gasteiger partial charge in [-0.1, -0.05) is 30.3 Å². The lowest BCUT2D eigenvalue weighted by atomic mass is 9.55. The van der Waals surface area contributed by atoms with Crippen LogP contribution in [0.1, 0.15) is 36.2 Å². The molecule has 0 bridgehead atoms. The highest BCUT2D eigenvalue weighted by atomic mass is 31.2. The zero-order valence-electron chi connectivity index (χ0n) is 25.8. The number of carbonyl (C=O) groups is 3. The third kappa shape index (κ3) is 4.92. The SMILES string of the molecule is CC(=O)C1=C(O)C(N(C)C)C2CC3C(=C(OCP(=O)(Oc4ccccc4)N(C)C)C2(O)C1=O)C(=O)c1c(O)cccc1C3(C)O. The van der Waals surface area contributed by atoms with Crippen LogP contribution in [0.4, 0.5) is 0 Å². The van der Waals surface area contributed by atoms with Gasteiger partial charge in [0, 0.05) is 17.4 Å². The number of para-hydroxylation sites is 1. The summed E-state index contributed by atoms with van der Waals surface area (Å²) in [6.07, 6.45) is -0.967. The number of hydrogen-bond acceptors (Lipinski definition) is 11. The number of benzene rings is 2. The van der Waals surface area contributed by atoms with Crippen LogP contribution in [0.3, 0.4) is 0 Å². The van der Waals surface area contributed by atoms with Crippen LogP contribution in [0.5, 0.6) is 11.5 Å². The lowest BCUT2D eigenvalue weighted by Gasteiger charge is -2.53. The Morgan fingerprint density at radius 1 is 1.02 bits per heavy atom. The minimum atomic E-state index is -3.94. The van der Waals surface area contributed by atoms with Gasteiger partial charge in [-0.05, 0) is 72.2 Å². The van der Waals surface area contributed by atoms with Crippen LogP contribution in [0, 0.1) is 11.8 Å². The van der Waals surface area contributed by atoms with Gasteiger partial charge in [-0.3, -0.25) is 23.8 Å². The largest absolute Gasteiger partial charge is 0.510 e. The van der Waals surface area contributed by atoms with Crippen molar-refractivity contribution >= 4 is 24.9 Å². The summed E-state index contributed by atoms with van der Waals surface area (Å²) in [5.41, 5.74) is -5.64. The van der Waals surface area contributed by atoms with Gasteiger partial charge < -0.3 is 29.7 Å². The Morgan fingerprint density at radius 2 is 1.67 bits per heavy atom. The van der Waals surface area contributed by atoms with E-state index in [1.54, 1.807) is 44.4 Å². The Bertz CT molecular complexity index is 1700. The number of ether oxygens (including phenoxy) is 1. The third-order valence-electron chi connectivity index (χ3n) is 9.08. The summed E-state index contributed by atoms with van der Waals surface area (Å²) in [4.78, 5) is 42.7. The maximum Gasteiger partial charge on any atom is 0.355 e. The molecule has 6 atom stereocenters. The molecule has 4 N–H and O–H groups in total. The molecule has 0 aromatic heterocycles. The van der Waals surface area contributed by atoms with Gasteiger partial charge in [-0.15, -0.1) is 0 Å². The maximum absolute atomic E-state index is 14.3. The van der Waals surface area contributed by atoms with Gasteiger partial charge in [0.25, 0.3) is 0 Å². The molecule has 0 spiro atoms. The number of likely N-dealkylation sites (N-methyl/N-ethyl adjacent to an activating group) is 1. The first-order valence-electron chi connectivity index (χ1n) is 14.3. The summed E-state index contributed by atoms with van der Waals surface area (Å²) < 4.78 is 27.5. The van der Waals surface area contributed by atoms with E-state index < -0.39 is 83.1 Å². The van der Waals surface area contributed by atoms with Crippen LogP contribution >= 0.6 is 7.52 Å². The average Bonchev–Trinajstić information content (AvgIpc) is 2.95. The lowest BCUT2D eigenvalue weighted by Crippen LogP contribution is -2.65. The van der Waals surface area contributed by atoms with Crippen LogP contribution in [0.15, 0.2) is 71.2 Å². The lowest BCUT2D eigenvalue weighted by molar-refractivity contribution is -0.153. The van der Waals surface area contributed by atoms with E-state index in [0.29, 0.717) is 0 Å². The van der Waals surface area contributed by atoms with Gasteiger partial charge in [0.05, 0.1) is 17.2 Å². The molecule has 240 valence electrons. The smallest absolute Gasteiger partial charge is 0.355 e. The van der Waals surface area contributed by atoms with Crippen LogP contribution < -0.4 is 4.52 Å². The van der Waals surface area contributed by atoms with E-state index in [1.807, 2.05) is 0 Å². The molecule has 0 aliphatic heterocycles. The number of phenolic OH excluding ortho intramolecular Hbond substituents is 1. The highest BCUT2D eigenvalue weighted by Crippen LogP contribution is 2.58. The van der Waals surface area contributed by atoms with E-state index in [2.05, 4.69) is 0 Å². The van der Waals surface area contributed by atoms with Crippen molar-refractivity contribution in [2.75, 3.05) is 34.5 Å². The molecule has 0 radical (unpaired) electrons. The van der Waals surface area contributed by atoms with Crippen molar-refractivity contribution in [3.8, 4) is 11.5 Å². The normalized spacial score (nSPS) is 29.2. The zero-order chi connectivity index (χ0) is 33.2. The number of aliphatic hydroxyl groups excluding tert-OH is 1. The second-order valence-corrected chi connectivity index (χ2v) is 14.8. The highest BCUT2D eigenvalue weighted by molar-refractivity contribution is 7.56. The van der Waals surface area contributed by atoms with Crippen molar-refractivity contribution < 1.29 is 48.6 Å². The molecule has 5 rings (SSSR count). The number of aliphatic hydroxyl groups is 3. The Balaban J connectivity index is 1.77. The summed E-state index contributed by atoms with van der Waals surface area (Å²) in [5.74, 6) is -6.55. The van der Waals surface area contributed by atoms with E-state index in [9.17, 15) is 39.4 Å². The summed E-state index contributed by atoms with van der Waals surface area (Å²) in [6.45, 7) is 2.51. The summed E-state index contributed by atoms with van der Waals surface area (Å²) in [6, 6.07) is 11.4. The fourth-order valence-electron chi connectivity index (χ4n) is 6.79. The first kappa shape index (κ1) is 32.6. The van der Waals surface area contributed by atoms with Crippen LogP contribution in [0.2, 0.25) is 0 Å². The number of carbonyl (C=O) groups excluding carboxylic acids is 3. The van der Waals surface area contributed by atoms with E-state index in [-0.39, 0.29) is 28.9 Å². The molecule has 3 aliphatic rings. The molecule has 13 heteroatoms.